The first-order chi connectivity index (χ1) is 12.3. The SMILES string of the molecule is COc1ccccc1CN=C1C(=Cc2ccccc2)N2CCC1CC2. The van der Waals surface area contributed by atoms with E-state index in [0.29, 0.717) is 12.5 Å². The molecule has 5 rings (SSSR count). The van der Waals surface area contributed by atoms with Crippen molar-refractivity contribution in [3.63, 3.8) is 0 Å². The number of para-hydroxylation sites is 1. The van der Waals surface area contributed by atoms with E-state index in [1.54, 1.807) is 7.11 Å². The normalized spacial score (nSPS) is 20.4. The molecule has 25 heavy (non-hydrogen) atoms. The van der Waals surface area contributed by atoms with Crippen LogP contribution in [0.15, 0.2) is 65.3 Å². The lowest BCUT2D eigenvalue weighted by Crippen LogP contribution is -2.46. The predicted octanol–water partition coefficient (Wildman–Crippen LogP) is 4.40. The number of fused-ring (bicyclic) bond motifs is 3. The zero-order valence-corrected chi connectivity index (χ0v) is 14.7. The smallest absolute Gasteiger partial charge is 0.123 e. The molecule has 3 nitrogen and oxygen atoms in total. The summed E-state index contributed by atoms with van der Waals surface area (Å²) < 4.78 is 5.48. The first-order valence-corrected chi connectivity index (χ1v) is 9.03. The molecule has 3 aliphatic heterocycles. The van der Waals surface area contributed by atoms with Crippen molar-refractivity contribution in [3.8, 4) is 5.75 Å². The van der Waals surface area contributed by atoms with Gasteiger partial charge in [-0.05, 0) is 30.5 Å². The average molecular weight is 332 g/mol. The van der Waals surface area contributed by atoms with Gasteiger partial charge in [0.15, 0.2) is 0 Å². The van der Waals surface area contributed by atoms with Gasteiger partial charge in [-0.1, -0.05) is 48.5 Å². The lowest BCUT2D eigenvalue weighted by atomic mass is 9.83. The summed E-state index contributed by atoms with van der Waals surface area (Å²) in [7, 11) is 1.72. The summed E-state index contributed by atoms with van der Waals surface area (Å²) >= 11 is 0. The third-order valence-electron chi connectivity index (χ3n) is 5.20. The number of ether oxygens (including phenoxy) is 1. The third kappa shape index (κ3) is 3.32. The zero-order chi connectivity index (χ0) is 17.1. The minimum Gasteiger partial charge on any atom is -0.496 e. The molecule has 3 saturated heterocycles. The van der Waals surface area contributed by atoms with Crippen LogP contribution in [-0.2, 0) is 6.54 Å². The molecule has 2 aromatic carbocycles. The van der Waals surface area contributed by atoms with Crippen LogP contribution in [0.1, 0.15) is 24.0 Å². The summed E-state index contributed by atoms with van der Waals surface area (Å²) in [6.07, 6.45) is 4.74. The van der Waals surface area contributed by atoms with Gasteiger partial charge < -0.3 is 9.64 Å². The zero-order valence-electron chi connectivity index (χ0n) is 14.7. The van der Waals surface area contributed by atoms with Gasteiger partial charge in [0.05, 0.1) is 25.1 Å². The van der Waals surface area contributed by atoms with Crippen LogP contribution in [0.2, 0.25) is 0 Å². The molecule has 128 valence electrons. The van der Waals surface area contributed by atoms with E-state index in [-0.39, 0.29) is 0 Å². The van der Waals surface area contributed by atoms with Crippen LogP contribution in [0.5, 0.6) is 5.75 Å². The van der Waals surface area contributed by atoms with Crippen molar-refractivity contribution in [2.75, 3.05) is 20.2 Å². The van der Waals surface area contributed by atoms with Crippen molar-refractivity contribution in [1.82, 2.24) is 4.90 Å². The topological polar surface area (TPSA) is 24.8 Å². The van der Waals surface area contributed by atoms with Gasteiger partial charge in [-0.3, -0.25) is 4.99 Å². The Labute approximate surface area is 149 Å². The number of hydrogen-bond donors (Lipinski definition) is 0. The molecule has 0 unspecified atom stereocenters. The van der Waals surface area contributed by atoms with Crippen molar-refractivity contribution in [3.05, 3.63) is 71.4 Å². The van der Waals surface area contributed by atoms with Crippen molar-refractivity contribution < 1.29 is 4.74 Å². The summed E-state index contributed by atoms with van der Waals surface area (Å²) in [5, 5.41) is 0. The van der Waals surface area contributed by atoms with Crippen LogP contribution in [0.3, 0.4) is 0 Å². The number of methoxy groups -OCH3 is 1. The quantitative estimate of drug-likeness (QED) is 0.829. The van der Waals surface area contributed by atoms with Crippen LogP contribution in [-0.4, -0.2) is 30.8 Å². The first-order valence-electron chi connectivity index (χ1n) is 9.03. The van der Waals surface area contributed by atoms with Crippen molar-refractivity contribution in [2.24, 2.45) is 10.9 Å². The molecule has 0 aromatic heterocycles. The summed E-state index contributed by atoms with van der Waals surface area (Å²) in [5.41, 5.74) is 4.97. The van der Waals surface area contributed by atoms with E-state index in [2.05, 4.69) is 53.4 Å². The fourth-order valence-corrected chi connectivity index (χ4v) is 3.85. The van der Waals surface area contributed by atoms with Crippen LogP contribution >= 0.6 is 0 Å². The highest BCUT2D eigenvalue weighted by molar-refractivity contribution is 6.06. The largest absolute Gasteiger partial charge is 0.496 e. The molecule has 3 aliphatic rings. The summed E-state index contributed by atoms with van der Waals surface area (Å²) in [4.78, 5) is 7.54. The Morgan fingerprint density at radius 2 is 1.76 bits per heavy atom. The van der Waals surface area contributed by atoms with Crippen LogP contribution in [0, 0.1) is 5.92 Å². The maximum absolute atomic E-state index is 5.48. The highest BCUT2D eigenvalue weighted by atomic mass is 16.5. The number of nitrogens with zero attached hydrogens (tertiary/aromatic N) is 2. The Kier molecular flexibility index (Phi) is 4.55. The summed E-state index contributed by atoms with van der Waals surface area (Å²) in [6.45, 7) is 2.98. The molecule has 0 atom stereocenters. The maximum atomic E-state index is 5.48. The van der Waals surface area contributed by atoms with Gasteiger partial charge in [-0.15, -0.1) is 0 Å². The van der Waals surface area contributed by atoms with Gasteiger partial charge in [0, 0.05) is 24.6 Å². The van der Waals surface area contributed by atoms with E-state index in [0.717, 1.165) is 24.4 Å². The van der Waals surface area contributed by atoms with E-state index >= 15 is 0 Å². The van der Waals surface area contributed by atoms with Crippen LogP contribution < -0.4 is 4.74 Å². The first kappa shape index (κ1) is 15.9. The lowest BCUT2D eigenvalue weighted by Gasteiger charge is -2.43. The molecule has 2 bridgehead atoms. The Bertz CT molecular complexity index is 787. The molecule has 0 saturated carbocycles. The summed E-state index contributed by atoms with van der Waals surface area (Å²) in [6, 6.07) is 18.7. The molecule has 3 heterocycles. The van der Waals surface area contributed by atoms with E-state index in [9.17, 15) is 0 Å². The number of rotatable bonds is 4. The molecule has 2 aromatic rings. The van der Waals surface area contributed by atoms with E-state index in [4.69, 9.17) is 9.73 Å². The van der Waals surface area contributed by atoms with E-state index in [1.165, 1.54) is 29.8 Å². The van der Waals surface area contributed by atoms with Gasteiger partial charge in [0.1, 0.15) is 5.75 Å². The fourth-order valence-electron chi connectivity index (χ4n) is 3.85. The molecule has 3 heteroatoms. The average Bonchev–Trinajstić information content (AvgIpc) is 2.69. The summed E-state index contributed by atoms with van der Waals surface area (Å²) in [5.74, 6) is 1.51. The minimum atomic E-state index is 0.592. The highest BCUT2D eigenvalue weighted by Crippen LogP contribution is 2.34. The van der Waals surface area contributed by atoms with Gasteiger partial charge in [-0.25, -0.2) is 0 Å². The fraction of sp³-hybridized carbons (Fsp3) is 0.318. The van der Waals surface area contributed by atoms with Gasteiger partial charge in [-0.2, -0.15) is 0 Å². The van der Waals surface area contributed by atoms with Crippen molar-refractivity contribution in [2.45, 2.75) is 19.4 Å². The third-order valence-corrected chi connectivity index (χ3v) is 5.20. The monoisotopic (exact) mass is 332 g/mol. The number of benzene rings is 2. The second-order valence-corrected chi connectivity index (χ2v) is 6.71. The Balaban J connectivity index is 1.66. The molecule has 0 amide bonds. The molecular formula is C22H24N2O. The van der Waals surface area contributed by atoms with Gasteiger partial charge in [0.25, 0.3) is 0 Å². The molecule has 3 fully saturated rings. The van der Waals surface area contributed by atoms with Crippen LogP contribution in [0.4, 0.5) is 0 Å². The van der Waals surface area contributed by atoms with Gasteiger partial charge in [0.2, 0.25) is 0 Å². The minimum absolute atomic E-state index is 0.592. The van der Waals surface area contributed by atoms with Gasteiger partial charge >= 0.3 is 0 Å². The van der Waals surface area contributed by atoms with Crippen molar-refractivity contribution in [1.29, 1.82) is 0 Å². The highest BCUT2D eigenvalue weighted by Gasteiger charge is 2.34. The Hall–Kier alpha value is -2.55. The maximum Gasteiger partial charge on any atom is 0.123 e. The number of aliphatic imine (C=N–C) groups is 1. The number of allylic oxidation sites excluding steroid dienone is 1. The molecule has 0 N–H and O–H groups in total. The molecule has 0 radical (unpaired) electrons. The second kappa shape index (κ2) is 7.14. The second-order valence-electron chi connectivity index (χ2n) is 6.71. The number of piperidine rings is 3. The molecule has 0 spiro atoms. The Morgan fingerprint density at radius 3 is 2.52 bits per heavy atom. The lowest BCUT2D eigenvalue weighted by molar-refractivity contribution is 0.242. The van der Waals surface area contributed by atoms with E-state index in [1.807, 2.05) is 12.1 Å². The number of hydrogen-bond acceptors (Lipinski definition) is 3. The van der Waals surface area contributed by atoms with Crippen molar-refractivity contribution >= 4 is 11.8 Å². The molecular weight excluding hydrogens is 308 g/mol. The standard InChI is InChI=1S/C22H24N2O/c1-25-21-10-6-5-9-19(21)16-23-22-18-11-13-24(14-12-18)20(22)15-17-7-3-2-4-8-17/h2-10,15,18H,11-14,16H2,1H3. The molecule has 0 aliphatic carbocycles. The van der Waals surface area contributed by atoms with Crippen LogP contribution in [0.25, 0.3) is 6.08 Å². The van der Waals surface area contributed by atoms with E-state index < -0.39 is 0 Å². The predicted molar refractivity (Wildman–Crippen MR) is 103 cm³/mol. The Morgan fingerprint density at radius 1 is 1.04 bits per heavy atom.